The highest BCUT2D eigenvalue weighted by Crippen LogP contribution is 2.20. The number of benzene rings is 2. The van der Waals surface area contributed by atoms with Gasteiger partial charge >= 0.3 is 0 Å². The Labute approximate surface area is 326 Å². The Bertz CT molecular complexity index is 1700. The molecular formula is C39H56N8O9. The third-order valence-electron chi connectivity index (χ3n) is 9.36. The molecule has 2 aromatic carbocycles. The number of likely N-dealkylation sites (tertiary alicyclic amines) is 1. The normalized spacial score (nSPS) is 16.6. The number of phenolic OH excluding ortho intramolecular Hbond substituents is 2. The Morgan fingerprint density at radius 3 is 1.84 bits per heavy atom. The lowest BCUT2D eigenvalue weighted by molar-refractivity contribution is -0.141. The molecule has 1 heterocycles. The summed E-state index contributed by atoms with van der Waals surface area (Å²) in [5.74, 6) is -4.86. The van der Waals surface area contributed by atoms with Crippen LogP contribution in [0, 0.1) is 11.8 Å². The van der Waals surface area contributed by atoms with Gasteiger partial charge in [0.25, 0.3) is 0 Å². The molecule has 0 aliphatic carbocycles. The van der Waals surface area contributed by atoms with Gasteiger partial charge < -0.3 is 53.2 Å². The number of nitrogens with one attached hydrogen (secondary N) is 5. The fraction of sp³-hybridized carbons (Fsp3) is 0.513. The van der Waals surface area contributed by atoms with Crippen LogP contribution < -0.4 is 38.1 Å². The molecule has 17 nitrogen and oxygen atoms in total. The van der Waals surface area contributed by atoms with Gasteiger partial charge in [-0.25, -0.2) is 0 Å². The lowest BCUT2D eigenvalue weighted by Gasteiger charge is -2.30. The number of carbonyl (C=O) groups is 7. The molecule has 306 valence electrons. The fourth-order valence-electron chi connectivity index (χ4n) is 6.27. The van der Waals surface area contributed by atoms with Crippen molar-refractivity contribution >= 4 is 41.4 Å². The van der Waals surface area contributed by atoms with Gasteiger partial charge in [0.1, 0.15) is 41.7 Å². The maximum Gasteiger partial charge on any atom is 0.245 e. The molecule has 1 fully saturated rings. The molecule has 1 aliphatic rings. The zero-order valence-electron chi connectivity index (χ0n) is 32.5. The summed E-state index contributed by atoms with van der Waals surface area (Å²) in [7, 11) is 0. The number of amides is 7. The highest BCUT2D eigenvalue weighted by atomic mass is 16.3. The predicted molar refractivity (Wildman–Crippen MR) is 206 cm³/mol. The first kappa shape index (κ1) is 44.7. The number of rotatable bonds is 19. The van der Waals surface area contributed by atoms with Crippen LogP contribution in [0.1, 0.15) is 65.0 Å². The van der Waals surface area contributed by atoms with Gasteiger partial charge in [0.15, 0.2) is 0 Å². The van der Waals surface area contributed by atoms with Crippen molar-refractivity contribution in [1.82, 2.24) is 31.5 Å². The molecule has 0 unspecified atom stereocenters. The summed E-state index contributed by atoms with van der Waals surface area (Å²) in [5.41, 5.74) is 12.9. The van der Waals surface area contributed by atoms with Crippen LogP contribution in [0.25, 0.3) is 0 Å². The van der Waals surface area contributed by atoms with Crippen LogP contribution in [0.4, 0.5) is 0 Å². The second-order valence-corrected chi connectivity index (χ2v) is 14.9. The molecule has 11 N–H and O–H groups in total. The van der Waals surface area contributed by atoms with E-state index in [9.17, 15) is 43.8 Å². The number of hydrogen-bond acceptors (Lipinski definition) is 10. The van der Waals surface area contributed by atoms with Crippen molar-refractivity contribution in [3.05, 3.63) is 59.7 Å². The quantitative estimate of drug-likeness (QED) is 0.0879. The average Bonchev–Trinajstić information content (AvgIpc) is 3.64. The average molecular weight is 781 g/mol. The van der Waals surface area contributed by atoms with Gasteiger partial charge in [0.05, 0.1) is 12.6 Å². The number of carbonyl (C=O) groups excluding carboxylic acids is 7. The van der Waals surface area contributed by atoms with Crippen molar-refractivity contribution in [2.24, 2.45) is 23.3 Å². The van der Waals surface area contributed by atoms with Crippen LogP contribution in [-0.2, 0) is 46.4 Å². The number of hydrogen-bond donors (Lipinski definition) is 9. The lowest BCUT2D eigenvalue weighted by atomic mass is 10.00. The molecule has 0 saturated carbocycles. The zero-order valence-corrected chi connectivity index (χ0v) is 32.5. The third-order valence-corrected chi connectivity index (χ3v) is 9.36. The molecule has 7 amide bonds. The van der Waals surface area contributed by atoms with Crippen molar-refractivity contribution < 1.29 is 43.8 Å². The number of aromatic hydroxyl groups is 2. The number of phenols is 2. The smallest absolute Gasteiger partial charge is 0.245 e. The van der Waals surface area contributed by atoms with Gasteiger partial charge in [-0.1, -0.05) is 52.0 Å². The van der Waals surface area contributed by atoms with Crippen molar-refractivity contribution in [2.45, 2.75) is 103 Å². The number of nitrogens with zero attached hydrogens (tertiary/aromatic N) is 1. The Morgan fingerprint density at radius 1 is 0.732 bits per heavy atom. The van der Waals surface area contributed by atoms with Crippen molar-refractivity contribution in [3.8, 4) is 11.5 Å². The molecule has 6 atom stereocenters. The molecule has 56 heavy (non-hydrogen) atoms. The number of primary amides is 1. The van der Waals surface area contributed by atoms with E-state index < -0.39 is 90.1 Å². The monoisotopic (exact) mass is 780 g/mol. The van der Waals surface area contributed by atoms with E-state index in [-0.39, 0.29) is 36.7 Å². The second-order valence-electron chi connectivity index (χ2n) is 14.9. The summed E-state index contributed by atoms with van der Waals surface area (Å²) in [4.78, 5) is 93.1. The minimum atomic E-state index is -1.22. The summed E-state index contributed by atoms with van der Waals surface area (Å²) in [6.45, 7) is 8.29. The first-order valence-electron chi connectivity index (χ1n) is 18.8. The third kappa shape index (κ3) is 13.5. The maximum absolute atomic E-state index is 13.8. The molecule has 0 radical (unpaired) electrons. The van der Waals surface area contributed by atoms with Gasteiger partial charge in [-0.15, -0.1) is 0 Å². The summed E-state index contributed by atoms with van der Waals surface area (Å²) < 4.78 is 0. The second kappa shape index (κ2) is 20.8. The Kier molecular flexibility index (Phi) is 16.6. The van der Waals surface area contributed by atoms with Gasteiger partial charge in [0.2, 0.25) is 41.4 Å². The van der Waals surface area contributed by atoms with Crippen LogP contribution in [0.5, 0.6) is 11.5 Å². The predicted octanol–water partition coefficient (Wildman–Crippen LogP) is -0.536. The van der Waals surface area contributed by atoms with Crippen molar-refractivity contribution in [3.63, 3.8) is 0 Å². The molecule has 1 aliphatic heterocycles. The fourth-order valence-corrected chi connectivity index (χ4v) is 6.27. The van der Waals surface area contributed by atoms with E-state index in [1.807, 2.05) is 13.8 Å². The van der Waals surface area contributed by atoms with Crippen LogP contribution in [0.15, 0.2) is 48.5 Å². The molecule has 0 bridgehead atoms. The molecule has 3 rings (SSSR count). The zero-order chi connectivity index (χ0) is 41.7. The van der Waals surface area contributed by atoms with Crippen LogP contribution >= 0.6 is 0 Å². The van der Waals surface area contributed by atoms with Gasteiger partial charge in [-0.2, -0.15) is 0 Å². The van der Waals surface area contributed by atoms with Gasteiger partial charge in [0, 0.05) is 13.0 Å². The molecule has 1 saturated heterocycles. The Balaban J connectivity index is 1.65. The minimum absolute atomic E-state index is 0.00327. The van der Waals surface area contributed by atoms with E-state index in [1.54, 1.807) is 38.1 Å². The Morgan fingerprint density at radius 2 is 1.30 bits per heavy atom. The Hall–Kier alpha value is -5.71. The van der Waals surface area contributed by atoms with Crippen molar-refractivity contribution in [1.29, 1.82) is 0 Å². The van der Waals surface area contributed by atoms with Crippen LogP contribution in [-0.4, -0.2) is 106 Å². The van der Waals surface area contributed by atoms with E-state index in [0.717, 1.165) is 0 Å². The van der Waals surface area contributed by atoms with Crippen LogP contribution in [0.3, 0.4) is 0 Å². The minimum Gasteiger partial charge on any atom is -0.508 e. The van der Waals surface area contributed by atoms with Crippen LogP contribution in [0.2, 0.25) is 0 Å². The van der Waals surface area contributed by atoms with Gasteiger partial charge in [-0.3, -0.25) is 33.6 Å². The van der Waals surface area contributed by atoms with E-state index in [4.69, 9.17) is 11.5 Å². The van der Waals surface area contributed by atoms with E-state index >= 15 is 0 Å². The largest absolute Gasteiger partial charge is 0.508 e. The van der Waals surface area contributed by atoms with Crippen molar-refractivity contribution in [2.75, 3.05) is 13.1 Å². The lowest BCUT2D eigenvalue weighted by Crippen LogP contribution is -2.58. The highest BCUT2D eigenvalue weighted by molar-refractivity contribution is 5.96. The summed E-state index contributed by atoms with van der Waals surface area (Å²) >= 11 is 0. The van der Waals surface area contributed by atoms with E-state index in [2.05, 4.69) is 26.6 Å². The first-order valence-corrected chi connectivity index (χ1v) is 18.8. The molecule has 0 aromatic heterocycles. The topological polar surface area (TPSA) is 275 Å². The van der Waals surface area contributed by atoms with Gasteiger partial charge in [-0.05, 0) is 79.8 Å². The maximum atomic E-state index is 13.8. The van der Waals surface area contributed by atoms with E-state index in [1.165, 1.54) is 36.1 Å². The molecule has 0 spiro atoms. The SMILES string of the molecule is CC(C)C[C@H](NC(=O)[C@H](Cc1ccc(O)cc1)NC(=O)CNC(=O)[C@H](NC(=O)[C@H](C)NC(=O)[C@H](N)Cc1ccc(O)cc1)C(C)C)C(=O)N1CCC[C@@H]1C(N)=O. The number of nitrogens with two attached hydrogens (primary N) is 2. The summed E-state index contributed by atoms with van der Waals surface area (Å²) in [5, 5.41) is 32.2. The summed E-state index contributed by atoms with van der Waals surface area (Å²) in [6, 6.07) is 6.01. The molecule has 17 heteroatoms. The highest BCUT2D eigenvalue weighted by Gasteiger charge is 2.38. The summed E-state index contributed by atoms with van der Waals surface area (Å²) in [6.07, 6.45) is 1.38. The first-order chi connectivity index (χ1) is 26.4. The van der Waals surface area contributed by atoms with E-state index in [0.29, 0.717) is 30.5 Å². The molecule has 2 aromatic rings. The standard InChI is InChI=1S/C39H56N8O9/c1-21(2)17-30(39(56)47-16-6-7-31(47)34(41)51)45-37(54)29(19-25-10-14-27(49)15-11-25)44-32(50)20-42-38(55)33(22(3)4)46-35(52)23(5)43-36(53)28(40)18-24-8-12-26(48)13-9-24/h8-15,21-23,28-31,33,48-49H,6-7,16-20,40H2,1-5H3,(H2,41,51)(H,42,55)(H,43,53)(H,44,50)(H,45,54)(H,46,52)/t23-,28+,29-,30-,31+,33+/m0/s1. The molecular weight excluding hydrogens is 724 g/mol.